The molecule has 1 fully saturated rings. The zero-order valence-corrected chi connectivity index (χ0v) is 13.2. The summed E-state index contributed by atoms with van der Waals surface area (Å²) in [6.45, 7) is 2.81. The van der Waals surface area contributed by atoms with Gasteiger partial charge in [0.25, 0.3) is 0 Å². The van der Waals surface area contributed by atoms with Crippen molar-refractivity contribution in [2.75, 3.05) is 31.5 Å². The molecule has 3 aromatic heterocycles. The predicted molar refractivity (Wildman–Crippen MR) is 89.8 cm³/mol. The van der Waals surface area contributed by atoms with Gasteiger partial charge in [0.15, 0.2) is 5.65 Å². The Kier molecular flexibility index (Phi) is 3.58. The second kappa shape index (κ2) is 5.88. The summed E-state index contributed by atoms with van der Waals surface area (Å²) in [5, 5.41) is 14.8. The number of imidazole rings is 1. The van der Waals surface area contributed by atoms with Gasteiger partial charge in [0.05, 0.1) is 11.9 Å². The molecule has 7 nitrogen and oxygen atoms in total. The number of nitrogens with zero attached hydrogens (tertiary/aromatic N) is 4. The second-order valence-corrected chi connectivity index (χ2v) is 6.07. The Hall–Kier alpha value is -2.61. The van der Waals surface area contributed by atoms with E-state index in [4.69, 9.17) is 0 Å². The minimum Gasteiger partial charge on any atom is -0.367 e. The third-order valence-electron chi connectivity index (χ3n) is 3.81. The number of nitrogens with one attached hydrogen (secondary N) is 2. The number of thiophene rings is 1. The SMILES string of the molecule is O=C1NCCN1CCNc1ccc2ncc(-c3ccsc3)n2n1. The number of amides is 2. The van der Waals surface area contributed by atoms with Crippen molar-refractivity contribution in [3.63, 3.8) is 0 Å². The molecule has 23 heavy (non-hydrogen) atoms. The van der Waals surface area contributed by atoms with Crippen LogP contribution in [0.15, 0.2) is 35.2 Å². The molecule has 0 atom stereocenters. The Balaban J connectivity index is 1.50. The quantitative estimate of drug-likeness (QED) is 0.750. The van der Waals surface area contributed by atoms with Crippen molar-refractivity contribution in [1.29, 1.82) is 0 Å². The number of fused-ring (bicyclic) bond motifs is 1. The summed E-state index contributed by atoms with van der Waals surface area (Å²) in [7, 11) is 0. The highest BCUT2D eigenvalue weighted by Crippen LogP contribution is 2.23. The third kappa shape index (κ3) is 2.72. The summed E-state index contributed by atoms with van der Waals surface area (Å²) in [5.41, 5.74) is 2.90. The standard InChI is InChI=1S/C15H16N6OS/c22-15-17-5-7-20(15)6-4-16-13-1-2-14-18-9-12(21(14)19-13)11-3-8-23-10-11/h1-3,8-10H,4-7H2,(H,16,19)(H,17,22). The fourth-order valence-corrected chi connectivity index (χ4v) is 3.27. The van der Waals surface area contributed by atoms with Crippen LogP contribution < -0.4 is 10.6 Å². The molecule has 2 amide bonds. The molecule has 2 N–H and O–H groups in total. The van der Waals surface area contributed by atoms with Crippen LogP contribution in [0.25, 0.3) is 16.9 Å². The summed E-state index contributed by atoms with van der Waals surface area (Å²) in [6, 6.07) is 5.91. The van der Waals surface area contributed by atoms with E-state index in [1.165, 1.54) is 0 Å². The molecule has 4 heterocycles. The molecular formula is C15H16N6OS. The lowest BCUT2D eigenvalue weighted by molar-refractivity contribution is 0.219. The zero-order valence-electron chi connectivity index (χ0n) is 12.4. The monoisotopic (exact) mass is 328 g/mol. The lowest BCUT2D eigenvalue weighted by atomic mass is 10.3. The van der Waals surface area contributed by atoms with Crippen molar-refractivity contribution in [3.05, 3.63) is 35.2 Å². The molecule has 0 saturated carbocycles. The topological polar surface area (TPSA) is 74.6 Å². The summed E-state index contributed by atoms with van der Waals surface area (Å²) < 4.78 is 1.84. The number of carbonyl (C=O) groups is 1. The van der Waals surface area contributed by atoms with Crippen LogP contribution in [0.1, 0.15) is 0 Å². The Morgan fingerprint density at radius 3 is 3.09 bits per heavy atom. The van der Waals surface area contributed by atoms with Gasteiger partial charge in [-0.05, 0) is 23.6 Å². The highest BCUT2D eigenvalue weighted by molar-refractivity contribution is 7.08. The number of hydrogen-bond acceptors (Lipinski definition) is 5. The van der Waals surface area contributed by atoms with E-state index in [0.29, 0.717) is 13.1 Å². The third-order valence-corrected chi connectivity index (χ3v) is 4.50. The number of anilines is 1. The highest BCUT2D eigenvalue weighted by Gasteiger charge is 2.18. The van der Waals surface area contributed by atoms with Crippen molar-refractivity contribution < 1.29 is 4.79 Å². The van der Waals surface area contributed by atoms with Gasteiger partial charge in [0, 0.05) is 37.1 Å². The van der Waals surface area contributed by atoms with E-state index in [9.17, 15) is 4.79 Å². The lowest BCUT2D eigenvalue weighted by Crippen LogP contribution is -2.32. The number of rotatable bonds is 5. The van der Waals surface area contributed by atoms with Crippen LogP contribution in [0, 0.1) is 0 Å². The fraction of sp³-hybridized carbons (Fsp3) is 0.267. The first kappa shape index (κ1) is 14.0. The Labute approximate surface area is 136 Å². The van der Waals surface area contributed by atoms with Crippen LogP contribution in [0.4, 0.5) is 10.6 Å². The molecular weight excluding hydrogens is 312 g/mol. The molecule has 118 valence electrons. The van der Waals surface area contributed by atoms with Crippen LogP contribution in [0.2, 0.25) is 0 Å². The second-order valence-electron chi connectivity index (χ2n) is 5.29. The average Bonchev–Trinajstić information content (AvgIpc) is 3.28. The molecule has 0 bridgehead atoms. The summed E-state index contributed by atoms with van der Waals surface area (Å²) >= 11 is 1.65. The maximum atomic E-state index is 11.5. The minimum atomic E-state index is 0.00423. The highest BCUT2D eigenvalue weighted by atomic mass is 32.1. The maximum Gasteiger partial charge on any atom is 0.317 e. The first-order valence-electron chi connectivity index (χ1n) is 7.45. The van der Waals surface area contributed by atoms with Crippen LogP contribution >= 0.6 is 11.3 Å². The molecule has 1 saturated heterocycles. The first-order valence-corrected chi connectivity index (χ1v) is 8.39. The predicted octanol–water partition coefficient (Wildman–Crippen LogP) is 1.89. The minimum absolute atomic E-state index is 0.00423. The molecule has 0 aliphatic carbocycles. The zero-order chi connectivity index (χ0) is 15.6. The van der Waals surface area contributed by atoms with E-state index in [-0.39, 0.29) is 6.03 Å². The van der Waals surface area contributed by atoms with Gasteiger partial charge in [-0.2, -0.15) is 11.3 Å². The Bertz CT molecular complexity index is 828. The molecule has 1 aliphatic rings. The van der Waals surface area contributed by atoms with E-state index >= 15 is 0 Å². The number of hydrogen-bond donors (Lipinski definition) is 2. The van der Waals surface area contributed by atoms with E-state index in [1.54, 1.807) is 16.2 Å². The van der Waals surface area contributed by atoms with Gasteiger partial charge in [-0.1, -0.05) is 0 Å². The summed E-state index contributed by atoms with van der Waals surface area (Å²) in [4.78, 5) is 17.7. The number of urea groups is 1. The lowest BCUT2D eigenvalue weighted by Gasteiger charge is -2.14. The normalized spacial score (nSPS) is 14.4. The van der Waals surface area contributed by atoms with Gasteiger partial charge in [-0.15, -0.1) is 5.10 Å². The molecule has 0 aromatic carbocycles. The van der Waals surface area contributed by atoms with Crippen molar-refractivity contribution >= 4 is 28.8 Å². The summed E-state index contributed by atoms with van der Waals surface area (Å²) in [5.74, 6) is 0.770. The largest absolute Gasteiger partial charge is 0.367 e. The molecule has 3 aromatic rings. The Morgan fingerprint density at radius 2 is 2.30 bits per heavy atom. The molecule has 4 rings (SSSR count). The smallest absolute Gasteiger partial charge is 0.317 e. The van der Waals surface area contributed by atoms with Gasteiger partial charge in [0.1, 0.15) is 5.82 Å². The van der Waals surface area contributed by atoms with Crippen LogP contribution in [-0.4, -0.2) is 51.7 Å². The van der Waals surface area contributed by atoms with Crippen LogP contribution in [0.3, 0.4) is 0 Å². The Morgan fingerprint density at radius 1 is 1.35 bits per heavy atom. The van der Waals surface area contributed by atoms with Crippen molar-refractivity contribution in [2.45, 2.75) is 0 Å². The van der Waals surface area contributed by atoms with E-state index in [1.807, 2.05) is 28.2 Å². The van der Waals surface area contributed by atoms with Gasteiger partial charge >= 0.3 is 6.03 Å². The molecule has 1 aliphatic heterocycles. The van der Waals surface area contributed by atoms with Crippen LogP contribution in [-0.2, 0) is 0 Å². The van der Waals surface area contributed by atoms with E-state index < -0.39 is 0 Å². The molecule has 8 heteroatoms. The van der Waals surface area contributed by atoms with E-state index in [2.05, 4.69) is 32.2 Å². The van der Waals surface area contributed by atoms with Crippen molar-refractivity contribution in [2.24, 2.45) is 0 Å². The fourth-order valence-electron chi connectivity index (χ4n) is 2.62. The van der Waals surface area contributed by atoms with E-state index in [0.717, 1.165) is 35.8 Å². The van der Waals surface area contributed by atoms with Crippen molar-refractivity contribution in [3.8, 4) is 11.3 Å². The first-order chi connectivity index (χ1) is 11.3. The van der Waals surface area contributed by atoms with Gasteiger partial charge in [-0.3, -0.25) is 0 Å². The number of aromatic nitrogens is 3. The molecule has 0 radical (unpaired) electrons. The molecule has 0 spiro atoms. The maximum absolute atomic E-state index is 11.5. The molecule has 0 unspecified atom stereocenters. The van der Waals surface area contributed by atoms with Crippen LogP contribution in [0.5, 0.6) is 0 Å². The average molecular weight is 328 g/mol. The van der Waals surface area contributed by atoms with Gasteiger partial charge in [-0.25, -0.2) is 14.3 Å². The number of carbonyl (C=O) groups excluding carboxylic acids is 1. The van der Waals surface area contributed by atoms with Gasteiger partial charge in [0.2, 0.25) is 0 Å². The van der Waals surface area contributed by atoms with Crippen molar-refractivity contribution in [1.82, 2.24) is 24.8 Å². The summed E-state index contributed by atoms with van der Waals surface area (Å²) in [6.07, 6.45) is 1.84. The van der Waals surface area contributed by atoms with Gasteiger partial charge < -0.3 is 15.5 Å².